The lowest BCUT2D eigenvalue weighted by Gasteiger charge is -2.08. The highest BCUT2D eigenvalue weighted by Crippen LogP contribution is 2.27. The van der Waals surface area contributed by atoms with Crippen LogP contribution in [0.25, 0.3) is 17.2 Å². The molecule has 94 valence electrons. The molecule has 0 amide bonds. The van der Waals surface area contributed by atoms with Gasteiger partial charge in [0.2, 0.25) is 0 Å². The Balaban J connectivity index is 2.09. The minimum absolute atomic E-state index is 0.426. The van der Waals surface area contributed by atoms with Gasteiger partial charge in [0, 0.05) is 11.6 Å². The number of allylic oxidation sites excluding steroid dienone is 3. The van der Waals surface area contributed by atoms with Crippen LogP contribution in [0.1, 0.15) is 11.1 Å². The maximum absolute atomic E-state index is 13.8. The molecule has 3 rings (SSSR count). The molecule has 0 saturated heterocycles. The predicted octanol–water partition coefficient (Wildman–Crippen LogP) is 4.76. The monoisotopic (exact) mass is 254 g/mol. The molecule has 0 heterocycles. The summed E-state index contributed by atoms with van der Waals surface area (Å²) >= 11 is 0. The summed E-state index contributed by atoms with van der Waals surface area (Å²) in [7, 11) is 0. The Hall–Kier alpha value is -2.22. The van der Waals surface area contributed by atoms with Crippen LogP contribution in [0.3, 0.4) is 0 Å². The van der Waals surface area contributed by atoms with Crippen LogP contribution in [0, 0.1) is 11.6 Å². The van der Waals surface area contributed by atoms with Gasteiger partial charge in [-0.05, 0) is 41.3 Å². The van der Waals surface area contributed by atoms with E-state index in [4.69, 9.17) is 0 Å². The number of hydrogen-bond acceptors (Lipinski definition) is 0. The van der Waals surface area contributed by atoms with Crippen molar-refractivity contribution in [2.75, 3.05) is 0 Å². The van der Waals surface area contributed by atoms with Crippen molar-refractivity contribution >= 4 is 6.08 Å². The molecule has 0 radical (unpaired) electrons. The SMILES string of the molecule is Fc1ccc(-c2ccc3c(c2)C=CC=CC3)c(F)c1. The van der Waals surface area contributed by atoms with Crippen LogP contribution in [0.2, 0.25) is 0 Å². The highest BCUT2D eigenvalue weighted by molar-refractivity contribution is 5.70. The summed E-state index contributed by atoms with van der Waals surface area (Å²) < 4.78 is 26.7. The van der Waals surface area contributed by atoms with Crippen LogP contribution in [0.5, 0.6) is 0 Å². The van der Waals surface area contributed by atoms with E-state index in [9.17, 15) is 8.78 Å². The second kappa shape index (κ2) is 4.81. The molecule has 19 heavy (non-hydrogen) atoms. The zero-order chi connectivity index (χ0) is 13.2. The highest BCUT2D eigenvalue weighted by atomic mass is 19.1. The van der Waals surface area contributed by atoms with E-state index in [0.717, 1.165) is 23.6 Å². The average Bonchev–Trinajstić information content (AvgIpc) is 2.63. The molecule has 0 saturated carbocycles. The van der Waals surface area contributed by atoms with Crippen LogP contribution in [-0.4, -0.2) is 0 Å². The van der Waals surface area contributed by atoms with Crippen molar-refractivity contribution in [1.29, 1.82) is 0 Å². The van der Waals surface area contributed by atoms with Crippen LogP contribution in [-0.2, 0) is 6.42 Å². The van der Waals surface area contributed by atoms with E-state index in [1.165, 1.54) is 17.7 Å². The first kappa shape index (κ1) is 11.8. The number of hydrogen-bond donors (Lipinski definition) is 0. The third-order valence-electron chi connectivity index (χ3n) is 3.25. The third-order valence-corrected chi connectivity index (χ3v) is 3.25. The van der Waals surface area contributed by atoms with Crippen molar-refractivity contribution in [3.63, 3.8) is 0 Å². The molecule has 0 bridgehead atoms. The molecule has 0 N–H and O–H groups in total. The minimum atomic E-state index is -0.555. The quantitative estimate of drug-likeness (QED) is 0.688. The normalized spacial score (nSPS) is 13.2. The summed E-state index contributed by atoms with van der Waals surface area (Å²) in [5.74, 6) is -1.09. The molecule has 2 aromatic rings. The van der Waals surface area contributed by atoms with Gasteiger partial charge >= 0.3 is 0 Å². The fourth-order valence-corrected chi connectivity index (χ4v) is 2.26. The van der Waals surface area contributed by atoms with Gasteiger partial charge in [0.25, 0.3) is 0 Å². The average molecular weight is 254 g/mol. The predicted molar refractivity (Wildman–Crippen MR) is 73.7 cm³/mol. The Kier molecular flexibility index (Phi) is 3.00. The third kappa shape index (κ3) is 2.34. The van der Waals surface area contributed by atoms with Gasteiger partial charge in [0.05, 0.1) is 0 Å². The topological polar surface area (TPSA) is 0 Å². The van der Waals surface area contributed by atoms with Crippen LogP contribution in [0.4, 0.5) is 8.78 Å². The first-order chi connectivity index (χ1) is 9.24. The molecule has 1 aliphatic carbocycles. The standard InChI is InChI=1S/C17H12F2/c18-15-8-9-16(17(19)11-15)14-7-6-12-4-2-1-3-5-13(12)10-14/h1-3,5-11H,4H2. The molecule has 0 aromatic heterocycles. The Morgan fingerprint density at radius 2 is 1.79 bits per heavy atom. The van der Waals surface area contributed by atoms with Crippen molar-refractivity contribution in [3.8, 4) is 11.1 Å². The number of fused-ring (bicyclic) bond motifs is 1. The van der Waals surface area contributed by atoms with Crippen LogP contribution >= 0.6 is 0 Å². The molecule has 0 nitrogen and oxygen atoms in total. The lowest BCUT2D eigenvalue weighted by molar-refractivity contribution is 0.585. The molecular weight excluding hydrogens is 242 g/mol. The van der Waals surface area contributed by atoms with Crippen molar-refractivity contribution < 1.29 is 8.78 Å². The fourth-order valence-electron chi connectivity index (χ4n) is 2.26. The lowest BCUT2D eigenvalue weighted by Crippen LogP contribution is -1.90. The molecule has 0 fully saturated rings. The van der Waals surface area contributed by atoms with Gasteiger partial charge in [-0.15, -0.1) is 0 Å². The fraction of sp³-hybridized carbons (Fsp3) is 0.0588. The van der Waals surface area contributed by atoms with E-state index in [1.807, 2.05) is 36.4 Å². The Labute approximate surface area is 110 Å². The van der Waals surface area contributed by atoms with E-state index in [2.05, 4.69) is 6.08 Å². The van der Waals surface area contributed by atoms with Crippen molar-refractivity contribution in [3.05, 3.63) is 77.4 Å². The molecular formula is C17H12F2. The molecule has 0 aliphatic heterocycles. The lowest BCUT2D eigenvalue weighted by atomic mass is 9.97. The van der Waals surface area contributed by atoms with Gasteiger partial charge < -0.3 is 0 Å². The summed E-state index contributed by atoms with van der Waals surface area (Å²) in [5.41, 5.74) is 3.47. The van der Waals surface area contributed by atoms with E-state index >= 15 is 0 Å². The summed E-state index contributed by atoms with van der Waals surface area (Å²) in [5, 5.41) is 0. The summed E-state index contributed by atoms with van der Waals surface area (Å²) in [6.07, 6.45) is 8.92. The summed E-state index contributed by atoms with van der Waals surface area (Å²) in [4.78, 5) is 0. The van der Waals surface area contributed by atoms with Gasteiger partial charge in [-0.25, -0.2) is 8.78 Å². The first-order valence-corrected chi connectivity index (χ1v) is 6.15. The first-order valence-electron chi connectivity index (χ1n) is 6.15. The van der Waals surface area contributed by atoms with Gasteiger partial charge in [-0.2, -0.15) is 0 Å². The Morgan fingerprint density at radius 1 is 0.895 bits per heavy atom. The summed E-state index contributed by atoms with van der Waals surface area (Å²) in [6, 6.07) is 9.48. The molecule has 1 aliphatic rings. The second-order valence-corrected chi connectivity index (χ2v) is 4.53. The maximum atomic E-state index is 13.8. The van der Waals surface area contributed by atoms with Crippen molar-refractivity contribution in [2.45, 2.75) is 6.42 Å². The van der Waals surface area contributed by atoms with Gasteiger partial charge in [0.15, 0.2) is 0 Å². The second-order valence-electron chi connectivity index (χ2n) is 4.53. The van der Waals surface area contributed by atoms with Gasteiger partial charge in [-0.3, -0.25) is 0 Å². The van der Waals surface area contributed by atoms with E-state index < -0.39 is 11.6 Å². The zero-order valence-corrected chi connectivity index (χ0v) is 10.2. The molecule has 2 aromatic carbocycles. The minimum Gasteiger partial charge on any atom is -0.207 e. The molecule has 0 spiro atoms. The largest absolute Gasteiger partial charge is 0.207 e. The molecule has 0 atom stereocenters. The summed E-state index contributed by atoms with van der Waals surface area (Å²) in [6.45, 7) is 0. The smallest absolute Gasteiger partial charge is 0.133 e. The zero-order valence-electron chi connectivity index (χ0n) is 10.2. The van der Waals surface area contributed by atoms with Crippen LogP contribution < -0.4 is 0 Å². The van der Waals surface area contributed by atoms with E-state index in [0.29, 0.717) is 5.56 Å². The number of benzene rings is 2. The number of halogens is 2. The Morgan fingerprint density at radius 3 is 2.63 bits per heavy atom. The van der Waals surface area contributed by atoms with Crippen molar-refractivity contribution in [2.24, 2.45) is 0 Å². The van der Waals surface area contributed by atoms with Crippen LogP contribution in [0.15, 0.2) is 54.6 Å². The molecule has 2 heteroatoms. The van der Waals surface area contributed by atoms with E-state index in [-0.39, 0.29) is 0 Å². The Bertz CT molecular complexity index is 682. The van der Waals surface area contributed by atoms with Gasteiger partial charge in [-0.1, -0.05) is 36.4 Å². The van der Waals surface area contributed by atoms with Crippen molar-refractivity contribution in [1.82, 2.24) is 0 Å². The van der Waals surface area contributed by atoms with Gasteiger partial charge in [0.1, 0.15) is 11.6 Å². The molecule has 0 unspecified atom stereocenters. The highest BCUT2D eigenvalue weighted by Gasteiger charge is 2.08. The van der Waals surface area contributed by atoms with E-state index in [1.54, 1.807) is 0 Å². The maximum Gasteiger partial charge on any atom is 0.133 e. The number of rotatable bonds is 1.